The van der Waals surface area contributed by atoms with Gasteiger partial charge in [-0.1, -0.05) is 6.07 Å². The molecule has 0 aliphatic heterocycles. The Morgan fingerprint density at radius 3 is 2.77 bits per heavy atom. The van der Waals surface area contributed by atoms with Crippen molar-refractivity contribution in [2.75, 3.05) is 14.2 Å². The van der Waals surface area contributed by atoms with E-state index in [1.54, 1.807) is 36.7 Å². The lowest BCUT2D eigenvalue weighted by Crippen LogP contribution is -1.98. The summed E-state index contributed by atoms with van der Waals surface area (Å²) in [6.45, 7) is 2.34. The maximum Gasteiger partial charge on any atom is 0.330 e. The molecule has 2 rings (SSSR count). The zero-order chi connectivity index (χ0) is 15.9. The second-order valence-electron chi connectivity index (χ2n) is 4.41. The number of hydrogen-bond acceptors (Lipinski definition) is 6. The first-order valence-electron chi connectivity index (χ1n) is 6.60. The predicted molar refractivity (Wildman–Crippen MR) is 85.2 cm³/mol. The van der Waals surface area contributed by atoms with Crippen molar-refractivity contribution in [3.63, 3.8) is 0 Å². The minimum Gasteiger partial charge on any atom is -0.493 e. The third-order valence-corrected chi connectivity index (χ3v) is 3.67. The van der Waals surface area contributed by atoms with Gasteiger partial charge in [0, 0.05) is 11.5 Å². The number of nitrogens with zero attached hydrogens (tertiary/aromatic N) is 1. The van der Waals surface area contributed by atoms with Gasteiger partial charge in [-0.2, -0.15) is 0 Å². The standard InChI is InChI=1S/C16H17NO4S/c1-11-17-13(10-22-11)9-21-14-6-4-12(8-15(14)19-2)5-7-16(18)20-3/h4-8,10H,9H2,1-3H3/b7-5+. The van der Waals surface area contributed by atoms with Crippen molar-refractivity contribution in [1.29, 1.82) is 0 Å². The normalized spacial score (nSPS) is 10.7. The monoisotopic (exact) mass is 319 g/mol. The third-order valence-electron chi connectivity index (χ3n) is 2.84. The van der Waals surface area contributed by atoms with Gasteiger partial charge in [0.25, 0.3) is 0 Å². The molecule has 1 aromatic carbocycles. The van der Waals surface area contributed by atoms with Crippen LogP contribution in [0.15, 0.2) is 29.7 Å². The molecule has 0 bridgehead atoms. The van der Waals surface area contributed by atoms with Crippen LogP contribution in [0.4, 0.5) is 0 Å². The number of methoxy groups -OCH3 is 2. The van der Waals surface area contributed by atoms with Gasteiger partial charge < -0.3 is 14.2 Å². The molecule has 0 N–H and O–H groups in total. The molecule has 0 fully saturated rings. The number of aryl methyl sites for hydroxylation is 1. The molecule has 0 saturated heterocycles. The molecule has 116 valence electrons. The topological polar surface area (TPSA) is 57.7 Å². The van der Waals surface area contributed by atoms with Crippen molar-refractivity contribution >= 4 is 23.4 Å². The number of benzene rings is 1. The molecule has 0 amide bonds. The van der Waals surface area contributed by atoms with Crippen LogP contribution in [0.1, 0.15) is 16.3 Å². The Morgan fingerprint density at radius 2 is 2.14 bits per heavy atom. The maximum atomic E-state index is 11.1. The minimum absolute atomic E-state index is 0.387. The van der Waals surface area contributed by atoms with Gasteiger partial charge >= 0.3 is 5.97 Å². The molecule has 0 spiro atoms. The zero-order valence-corrected chi connectivity index (χ0v) is 13.5. The molecule has 0 aliphatic rings. The van der Waals surface area contributed by atoms with E-state index in [4.69, 9.17) is 9.47 Å². The Kier molecular flexibility index (Phi) is 5.55. The van der Waals surface area contributed by atoms with Crippen LogP contribution < -0.4 is 9.47 Å². The van der Waals surface area contributed by atoms with Crippen LogP contribution in [-0.4, -0.2) is 25.2 Å². The fourth-order valence-corrected chi connectivity index (χ4v) is 2.36. The molecule has 0 radical (unpaired) electrons. The average Bonchev–Trinajstić information content (AvgIpc) is 2.96. The highest BCUT2D eigenvalue weighted by Gasteiger charge is 2.07. The fourth-order valence-electron chi connectivity index (χ4n) is 1.77. The van der Waals surface area contributed by atoms with E-state index in [1.807, 2.05) is 18.4 Å². The highest BCUT2D eigenvalue weighted by Crippen LogP contribution is 2.29. The second-order valence-corrected chi connectivity index (χ2v) is 5.48. The Bertz CT molecular complexity index is 679. The van der Waals surface area contributed by atoms with Crippen LogP contribution in [-0.2, 0) is 16.1 Å². The van der Waals surface area contributed by atoms with Crippen LogP contribution in [0.25, 0.3) is 6.08 Å². The summed E-state index contributed by atoms with van der Waals surface area (Å²) in [6, 6.07) is 5.43. The molecule has 0 saturated carbocycles. The molecular weight excluding hydrogens is 302 g/mol. The lowest BCUT2D eigenvalue weighted by molar-refractivity contribution is -0.134. The summed E-state index contributed by atoms with van der Waals surface area (Å²) in [5, 5.41) is 2.98. The van der Waals surface area contributed by atoms with Crippen LogP contribution in [0.3, 0.4) is 0 Å². The van der Waals surface area contributed by atoms with Crippen LogP contribution >= 0.6 is 11.3 Å². The molecule has 5 nitrogen and oxygen atoms in total. The Hall–Kier alpha value is -2.34. The maximum absolute atomic E-state index is 11.1. The van der Waals surface area contributed by atoms with E-state index in [2.05, 4.69) is 9.72 Å². The van der Waals surface area contributed by atoms with E-state index in [0.717, 1.165) is 16.3 Å². The summed E-state index contributed by atoms with van der Waals surface area (Å²) in [7, 11) is 2.91. The number of carbonyl (C=O) groups excluding carboxylic acids is 1. The average molecular weight is 319 g/mol. The van der Waals surface area contributed by atoms with Gasteiger partial charge in [-0.25, -0.2) is 9.78 Å². The van der Waals surface area contributed by atoms with E-state index < -0.39 is 5.97 Å². The molecule has 1 aromatic heterocycles. The van der Waals surface area contributed by atoms with Gasteiger partial charge in [-0.05, 0) is 30.7 Å². The second kappa shape index (κ2) is 7.61. The van der Waals surface area contributed by atoms with E-state index in [-0.39, 0.29) is 0 Å². The summed E-state index contributed by atoms with van der Waals surface area (Å²) in [5.41, 5.74) is 1.71. The minimum atomic E-state index is -0.404. The van der Waals surface area contributed by atoms with Crippen LogP contribution in [0.5, 0.6) is 11.5 Å². The number of rotatable bonds is 6. The van der Waals surface area contributed by atoms with Crippen LogP contribution in [0, 0.1) is 6.92 Å². The number of hydrogen-bond donors (Lipinski definition) is 0. The molecule has 2 aromatic rings. The molecule has 0 atom stereocenters. The van der Waals surface area contributed by atoms with Crippen molar-refractivity contribution in [3.8, 4) is 11.5 Å². The van der Waals surface area contributed by atoms with E-state index in [0.29, 0.717) is 18.1 Å². The zero-order valence-electron chi connectivity index (χ0n) is 12.7. The quantitative estimate of drug-likeness (QED) is 0.604. The van der Waals surface area contributed by atoms with E-state index in [1.165, 1.54) is 13.2 Å². The summed E-state index contributed by atoms with van der Waals surface area (Å²) >= 11 is 1.59. The van der Waals surface area contributed by atoms with Gasteiger partial charge in [-0.15, -0.1) is 11.3 Å². The Labute approximate surface area is 133 Å². The van der Waals surface area contributed by atoms with Gasteiger partial charge in [0.2, 0.25) is 0 Å². The lowest BCUT2D eigenvalue weighted by atomic mass is 10.2. The molecule has 0 aliphatic carbocycles. The van der Waals surface area contributed by atoms with Crippen molar-refractivity contribution < 1.29 is 19.0 Å². The first-order valence-corrected chi connectivity index (χ1v) is 7.48. The third kappa shape index (κ3) is 4.33. The molecule has 22 heavy (non-hydrogen) atoms. The van der Waals surface area contributed by atoms with Crippen molar-refractivity contribution in [2.24, 2.45) is 0 Å². The van der Waals surface area contributed by atoms with E-state index >= 15 is 0 Å². The molecule has 1 heterocycles. The largest absolute Gasteiger partial charge is 0.493 e. The number of thiazole rings is 1. The number of aromatic nitrogens is 1. The number of ether oxygens (including phenoxy) is 3. The van der Waals surface area contributed by atoms with Gasteiger partial charge in [0.15, 0.2) is 11.5 Å². The summed E-state index contributed by atoms with van der Waals surface area (Å²) in [6.07, 6.45) is 3.01. The lowest BCUT2D eigenvalue weighted by Gasteiger charge is -2.10. The fraction of sp³-hybridized carbons (Fsp3) is 0.250. The first-order chi connectivity index (χ1) is 10.6. The smallest absolute Gasteiger partial charge is 0.330 e. The first kappa shape index (κ1) is 16.0. The SMILES string of the molecule is COC(=O)/C=C/c1ccc(OCc2csc(C)n2)c(OC)c1. The van der Waals surface area contributed by atoms with Crippen molar-refractivity contribution in [2.45, 2.75) is 13.5 Å². The van der Waals surface area contributed by atoms with Crippen LogP contribution in [0.2, 0.25) is 0 Å². The summed E-state index contributed by atoms with van der Waals surface area (Å²) in [5.74, 6) is 0.820. The molecular formula is C16H17NO4S. The molecule has 6 heteroatoms. The van der Waals surface area contributed by atoms with Crippen molar-refractivity contribution in [3.05, 3.63) is 45.9 Å². The summed E-state index contributed by atoms with van der Waals surface area (Å²) in [4.78, 5) is 15.4. The van der Waals surface area contributed by atoms with Gasteiger partial charge in [-0.3, -0.25) is 0 Å². The Balaban J connectivity index is 2.08. The van der Waals surface area contributed by atoms with Gasteiger partial charge in [0.05, 0.1) is 24.9 Å². The highest BCUT2D eigenvalue weighted by molar-refractivity contribution is 7.09. The molecule has 0 unspecified atom stereocenters. The highest BCUT2D eigenvalue weighted by atomic mass is 32.1. The van der Waals surface area contributed by atoms with Gasteiger partial charge in [0.1, 0.15) is 6.61 Å². The Morgan fingerprint density at radius 1 is 1.32 bits per heavy atom. The van der Waals surface area contributed by atoms with E-state index in [9.17, 15) is 4.79 Å². The van der Waals surface area contributed by atoms with Crippen molar-refractivity contribution in [1.82, 2.24) is 4.98 Å². The predicted octanol–water partition coefficient (Wildman–Crippen LogP) is 3.23. The number of carbonyl (C=O) groups is 1. The number of esters is 1. The summed E-state index contributed by atoms with van der Waals surface area (Å²) < 4.78 is 15.6.